The summed E-state index contributed by atoms with van der Waals surface area (Å²) in [6, 6.07) is 8.98. The predicted molar refractivity (Wildman–Crippen MR) is 102 cm³/mol. The van der Waals surface area contributed by atoms with E-state index in [9.17, 15) is 4.79 Å². The number of hydrogen-bond acceptors (Lipinski definition) is 5. The van der Waals surface area contributed by atoms with Crippen LogP contribution in [0.3, 0.4) is 0 Å². The smallest absolute Gasteiger partial charge is 0.234 e. The molecule has 0 bridgehead atoms. The van der Waals surface area contributed by atoms with Gasteiger partial charge in [-0.05, 0) is 57.9 Å². The number of benzene rings is 1. The van der Waals surface area contributed by atoms with Gasteiger partial charge in [-0.1, -0.05) is 11.8 Å². The summed E-state index contributed by atoms with van der Waals surface area (Å²) in [6.45, 7) is 7.46. The number of thioether (sulfide) groups is 1. The molecule has 1 aliphatic rings. The van der Waals surface area contributed by atoms with Crippen molar-refractivity contribution in [1.29, 1.82) is 0 Å². The van der Waals surface area contributed by atoms with Gasteiger partial charge in [-0.15, -0.1) is 10.2 Å². The third kappa shape index (κ3) is 4.54. The number of rotatable bonds is 8. The van der Waals surface area contributed by atoms with Gasteiger partial charge in [0.1, 0.15) is 6.33 Å². The minimum absolute atomic E-state index is 0.0284. The summed E-state index contributed by atoms with van der Waals surface area (Å²) >= 11 is 1.43. The zero-order valence-corrected chi connectivity index (χ0v) is 15.8. The Morgan fingerprint density at radius 2 is 2.08 bits per heavy atom. The third-order valence-electron chi connectivity index (χ3n) is 4.26. The van der Waals surface area contributed by atoms with Gasteiger partial charge in [0.2, 0.25) is 5.91 Å². The molecule has 0 aliphatic heterocycles. The molecule has 1 fully saturated rings. The van der Waals surface area contributed by atoms with Gasteiger partial charge in [-0.25, -0.2) is 0 Å². The van der Waals surface area contributed by atoms with E-state index in [0.29, 0.717) is 17.8 Å². The van der Waals surface area contributed by atoms with Crippen molar-refractivity contribution < 1.29 is 4.79 Å². The van der Waals surface area contributed by atoms with Crippen molar-refractivity contribution in [1.82, 2.24) is 14.8 Å². The highest BCUT2D eigenvalue weighted by Crippen LogP contribution is 2.37. The lowest BCUT2D eigenvalue weighted by molar-refractivity contribution is -0.113. The minimum atomic E-state index is -0.0284. The van der Waals surface area contributed by atoms with Crippen LogP contribution < -0.4 is 10.2 Å². The van der Waals surface area contributed by atoms with Crippen LogP contribution in [-0.2, 0) is 4.79 Å². The molecule has 7 heteroatoms. The molecule has 134 valence electrons. The van der Waals surface area contributed by atoms with E-state index in [-0.39, 0.29) is 5.91 Å². The summed E-state index contributed by atoms with van der Waals surface area (Å²) in [5.74, 6) is 0.305. The largest absolute Gasteiger partial charge is 0.369 e. The molecule has 0 saturated heterocycles. The first kappa shape index (κ1) is 17.8. The number of carbonyl (C=O) groups is 1. The van der Waals surface area contributed by atoms with E-state index < -0.39 is 0 Å². The van der Waals surface area contributed by atoms with Gasteiger partial charge in [0.25, 0.3) is 0 Å². The number of carbonyl (C=O) groups excluding carboxylic acids is 1. The molecule has 1 aromatic carbocycles. The number of aromatic nitrogens is 3. The highest BCUT2D eigenvalue weighted by Gasteiger charge is 2.26. The molecule has 0 spiro atoms. The van der Waals surface area contributed by atoms with E-state index in [1.807, 2.05) is 12.1 Å². The number of nitrogens with zero attached hydrogens (tertiary/aromatic N) is 4. The molecule has 0 radical (unpaired) electrons. The first-order valence-electron chi connectivity index (χ1n) is 8.77. The lowest BCUT2D eigenvalue weighted by Crippen LogP contribution is -2.30. The first-order chi connectivity index (χ1) is 12.1. The molecular weight excluding hydrogens is 334 g/mol. The topological polar surface area (TPSA) is 63.1 Å². The van der Waals surface area contributed by atoms with Crippen LogP contribution in [0.25, 0.3) is 0 Å². The molecule has 0 atom stereocenters. The maximum Gasteiger partial charge on any atom is 0.234 e. The Hall–Kier alpha value is -2.02. The van der Waals surface area contributed by atoms with Gasteiger partial charge in [0.15, 0.2) is 5.16 Å². The molecule has 1 N–H and O–H groups in total. The molecule has 6 nitrogen and oxygen atoms in total. The molecule has 1 aliphatic carbocycles. The minimum Gasteiger partial charge on any atom is -0.369 e. The van der Waals surface area contributed by atoms with Crippen LogP contribution in [0, 0.1) is 0 Å². The summed E-state index contributed by atoms with van der Waals surface area (Å²) in [4.78, 5) is 14.5. The van der Waals surface area contributed by atoms with Crippen LogP contribution in [0.2, 0.25) is 0 Å². The van der Waals surface area contributed by atoms with Gasteiger partial charge in [0.05, 0.1) is 5.75 Å². The Bertz CT molecular complexity index is 709. The molecule has 1 amide bonds. The SMILES string of the molecule is CCN(c1ccc(NC(=O)CSc2nncn2C2CC2)cc1)C(C)C. The standard InChI is InChI=1S/C18H25N5OS/c1-4-22(13(2)3)15-7-5-14(6-8-15)20-17(24)11-25-18-21-19-12-23(18)16-9-10-16/h5-8,12-13,16H,4,9-11H2,1-3H3,(H,20,24). The molecule has 25 heavy (non-hydrogen) atoms. The van der Waals surface area contributed by atoms with E-state index in [2.05, 4.69) is 57.9 Å². The fraction of sp³-hybridized carbons (Fsp3) is 0.500. The van der Waals surface area contributed by atoms with E-state index >= 15 is 0 Å². The van der Waals surface area contributed by atoms with Crippen molar-refractivity contribution >= 4 is 29.0 Å². The van der Waals surface area contributed by atoms with Crippen molar-refractivity contribution in [2.45, 2.75) is 50.9 Å². The molecule has 1 saturated carbocycles. The lowest BCUT2D eigenvalue weighted by atomic mass is 10.2. The highest BCUT2D eigenvalue weighted by molar-refractivity contribution is 7.99. The highest BCUT2D eigenvalue weighted by atomic mass is 32.2. The van der Waals surface area contributed by atoms with Crippen molar-refractivity contribution in [2.75, 3.05) is 22.5 Å². The predicted octanol–water partition coefficient (Wildman–Crippen LogP) is 3.58. The summed E-state index contributed by atoms with van der Waals surface area (Å²) in [7, 11) is 0. The summed E-state index contributed by atoms with van der Waals surface area (Å²) in [5, 5.41) is 11.8. The van der Waals surface area contributed by atoms with Gasteiger partial charge in [-0.3, -0.25) is 4.79 Å². The quantitative estimate of drug-likeness (QED) is 0.730. The van der Waals surface area contributed by atoms with Gasteiger partial charge >= 0.3 is 0 Å². The summed E-state index contributed by atoms with van der Waals surface area (Å²) < 4.78 is 2.07. The summed E-state index contributed by atoms with van der Waals surface area (Å²) in [6.07, 6.45) is 4.11. The van der Waals surface area contributed by atoms with Crippen LogP contribution in [-0.4, -0.2) is 39.0 Å². The third-order valence-corrected chi connectivity index (χ3v) is 5.22. The van der Waals surface area contributed by atoms with E-state index in [1.165, 1.54) is 30.3 Å². The monoisotopic (exact) mass is 359 g/mol. The van der Waals surface area contributed by atoms with Crippen LogP contribution >= 0.6 is 11.8 Å². The number of nitrogens with one attached hydrogen (secondary N) is 1. The Kier molecular flexibility index (Phi) is 5.63. The molecule has 2 aromatic rings. The number of amides is 1. The van der Waals surface area contributed by atoms with E-state index in [0.717, 1.165) is 17.4 Å². The zero-order valence-electron chi connectivity index (χ0n) is 15.0. The molecular formula is C18H25N5OS. The van der Waals surface area contributed by atoms with Gasteiger partial charge in [-0.2, -0.15) is 0 Å². The fourth-order valence-corrected chi connectivity index (χ4v) is 3.63. The maximum absolute atomic E-state index is 12.2. The van der Waals surface area contributed by atoms with Crippen LogP contribution in [0.15, 0.2) is 35.7 Å². The fourth-order valence-electron chi connectivity index (χ4n) is 2.85. The Labute approximate surface area is 153 Å². The van der Waals surface area contributed by atoms with Gasteiger partial charge in [0, 0.05) is 30.0 Å². The lowest BCUT2D eigenvalue weighted by Gasteiger charge is -2.27. The maximum atomic E-state index is 12.2. The van der Waals surface area contributed by atoms with E-state index in [1.54, 1.807) is 6.33 Å². The Balaban J connectivity index is 1.53. The average Bonchev–Trinajstić information content (AvgIpc) is 3.33. The second kappa shape index (κ2) is 7.91. The Morgan fingerprint density at radius 1 is 1.36 bits per heavy atom. The molecule has 0 unspecified atom stereocenters. The van der Waals surface area contributed by atoms with Crippen molar-refractivity contribution in [3.8, 4) is 0 Å². The molecule has 1 heterocycles. The van der Waals surface area contributed by atoms with Crippen LogP contribution in [0.5, 0.6) is 0 Å². The number of anilines is 2. The number of hydrogen-bond donors (Lipinski definition) is 1. The van der Waals surface area contributed by atoms with Gasteiger partial charge < -0.3 is 14.8 Å². The van der Waals surface area contributed by atoms with E-state index in [4.69, 9.17) is 0 Å². The zero-order chi connectivity index (χ0) is 17.8. The van der Waals surface area contributed by atoms with Crippen LogP contribution in [0.4, 0.5) is 11.4 Å². The Morgan fingerprint density at radius 3 is 2.68 bits per heavy atom. The molecule has 1 aromatic heterocycles. The normalized spacial score (nSPS) is 13.9. The average molecular weight is 359 g/mol. The van der Waals surface area contributed by atoms with Crippen LogP contribution in [0.1, 0.15) is 39.7 Å². The van der Waals surface area contributed by atoms with Crippen molar-refractivity contribution in [3.05, 3.63) is 30.6 Å². The summed E-state index contributed by atoms with van der Waals surface area (Å²) in [5.41, 5.74) is 1.99. The molecule has 3 rings (SSSR count). The second-order valence-corrected chi connectivity index (χ2v) is 7.46. The van der Waals surface area contributed by atoms with Crippen molar-refractivity contribution in [3.63, 3.8) is 0 Å². The second-order valence-electron chi connectivity index (χ2n) is 6.52. The van der Waals surface area contributed by atoms with Crippen molar-refractivity contribution in [2.24, 2.45) is 0 Å². The first-order valence-corrected chi connectivity index (χ1v) is 9.76.